The predicted octanol–water partition coefficient (Wildman–Crippen LogP) is 0.750. The first-order valence-electron chi connectivity index (χ1n) is 6.26. The van der Waals surface area contributed by atoms with E-state index in [1.54, 1.807) is 6.92 Å². The minimum absolute atomic E-state index is 0.0132. The van der Waals surface area contributed by atoms with Gasteiger partial charge in [0.15, 0.2) is 0 Å². The number of carbonyl (C=O) groups excluding carboxylic acids is 1. The van der Waals surface area contributed by atoms with Crippen molar-refractivity contribution >= 4 is 15.9 Å². The Balaban J connectivity index is 2.62. The molecule has 0 aromatic heterocycles. The highest BCUT2D eigenvalue weighted by Crippen LogP contribution is 2.22. The third-order valence-electron chi connectivity index (χ3n) is 3.14. The largest absolute Gasteiger partial charge is 0.327 e. The Morgan fingerprint density at radius 1 is 1.29 bits per heavy atom. The summed E-state index contributed by atoms with van der Waals surface area (Å²) in [7, 11) is -3.47. The van der Waals surface area contributed by atoms with Crippen molar-refractivity contribution in [1.82, 2.24) is 4.72 Å². The summed E-state index contributed by atoms with van der Waals surface area (Å²) in [5.74, 6) is -0.794. The molecule has 2 unspecified atom stereocenters. The van der Waals surface area contributed by atoms with Gasteiger partial charge in [-0.25, -0.2) is 8.42 Å². The Hall–Kier alpha value is -0.620. The van der Waals surface area contributed by atoms with E-state index < -0.39 is 15.9 Å². The van der Waals surface area contributed by atoms with Crippen LogP contribution in [0.1, 0.15) is 45.4 Å². The molecule has 0 aromatic carbocycles. The number of rotatable bonds is 4. The molecule has 3 N–H and O–H groups in total. The van der Waals surface area contributed by atoms with E-state index in [2.05, 4.69) is 4.72 Å². The number of carbonyl (C=O) groups is 1. The van der Waals surface area contributed by atoms with Crippen molar-refractivity contribution in [3.63, 3.8) is 0 Å². The van der Waals surface area contributed by atoms with Crippen LogP contribution in [0, 0.1) is 5.92 Å². The molecule has 1 aliphatic carbocycles. The highest BCUT2D eigenvalue weighted by molar-refractivity contribution is 7.90. The van der Waals surface area contributed by atoms with E-state index in [4.69, 9.17) is 5.73 Å². The van der Waals surface area contributed by atoms with Crippen LogP contribution < -0.4 is 10.5 Å². The van der Waals surface area contributed by atoms with Crippen molar-refractivity contribution in [3.8, 4) is 0 Å². The minimum atomic E-state index is -3.47. The Morgan fingerprint density at radius 3 is 2.59 bits per heavy atom. The first kappa shape index (κ1) is 14.4. The number of sulfonamides is 1. The fourth-order valence-corrected chi connectivity index (χ4v) is 3.31. The Bertz CT molecular complexity index is 354. The van der Waals surface area contributed by atoms with E-state index in [9.17, 15) is 13.2 Å². The topological polar surface area (TPSA) is 89.3 Å². The van der Waals surface area contributed by atoms with Crippen LogP contribution in [-0.4, -0.2) is 26.1 Å². The maximum Gasteiger partial charge on any atom is 0.238 e. The van der Waals surface area contributed by atoms with Crippen LogP contribution in [-0.2, 0) is 14.8 Å². The molecule has 1 fully saturated rings. The summed E-state index contributed by atoms with van der Waals surface area (Å²) in [6.45, 7) is 1.76. The second-order valence-corrected chi connectivity index (χ2v) is 6.54. The lowest BCUT2D eigenvalue weighted by atomic mass is 9.95. The van der Waals surface area contributed by atoms with Crippen LogP contribution in [0.25, 0.3) is 0 Å². The summed E-state index contributed by atoms with van der Waals surface area (Å²) in [4.78, 5) is 11.9. The molecule has 1 aliphatic rings. The summed E-state index contributed by atoms with van der Waals surface area (Å²) in [6, 6.07) is -0.214. The van der Waals surface area contributed by atoms with Gasteiger partial charge in [-0.05, 0) is 19.3 Å². The molecule has 5 nitrogen and oxygen atoms in total. The summed E-state index contributed by atoms with van der Waals surface area (Å²) >= 11 is 0. The Kier molecular flexibility index (Phi) is 5.39. The molecule has 2 atom stereocenters. The first-order valence-corrected chi connectivity index (χ1v) is 7.91. The normalized spacial score (nSPS) is 26.2. The lowest BCUT2D eigenvalue weighted by Crippen LogP contribution is -2.44. The SMILES string of the molecule is CCCS(=O)(=O)NC(=O)C1CCCCCC1N. The quantitative estimate of drug-likeness (QED) is 0.732. The molecule has 0 heterocycles. The lowest BCUT2D eigenvalue weighted by Gasteiger charge is -2.20. The van der Waals surface area contributed by atoms with Crippen LogP contribution in [0.5, 0.6) is 0 Å². The van der Waals surface area contributed by atoms with Gasteiger partial charge >= 0.3 is 0 Å². The third-order valence-corrected chi connectivity index (χ3v) is 4.59. The Morgan fingerprint density at radius 2 is 1.94 bits per heavy atom. The zero-order chi connectivity index (χ0) is 12.9. The maximum atomic E-state index is 11.9. The molecule has 0 radical (unpaired) electrons. The fourth-order valence-electron chi connectivity index (χ4n) is 2.21. The van der Waals surface area contributed by atoms with Gasteiger partial charge in [0.25, 0.3) is 0 Å². The average molecular weight is 262 g/mol. The van der Waals surface area contributed by atoms with Gasteiger partial charge in [0.1, 0.15) is 0 Å². The number of amides is 1. The van der Waals surface area contributed by atoms with Crippen molar-refractivity contribution in [3.05, 3.63) is 0 Å². The highest BCUT2D eigenvalue weighted by atomic mass is 32.2. The number of nitrogens with two attached hydrogens (primary N) is 1. The monoisotopic (exact) mass is 262 g/mol. The van der Waals surface area contributed by atoms with Crippen LogP contribution >= 0.6 is 0 Å². The summed E-state index contributed by atoms with van der Waals surface area (Å²) < 4.78 is 25.1. The van der Waals surface area contributed by atoms with Crippen LogP contribution in [0.2, 0.25) is 0 Å². The van der Waals surface area contributed by atoms with E-state index in [1.807, 2.05) is 0 Å². The Labute approximate surface area is 103 Å². The molecule has 1 rings (SSSR count). The second kappa shape index (κ2) is 6.35. The van der Waals surface area contributed by atoms with Crippen molar-refractivity contribution in [2.75, 3.05) is 5.75 Å². The molecule has 0 spiro atoms. The van der Waals surface area contributed by atoms with E-state index in [0.29, 0.717) is 12.8 Å². The van der Waals surface area contributed by atoms with Gasteiger partial charge < -0.3 is 5.73 Å². The molecule has 100 valence electrons. The summed E-state index contributed by atoms with van der Waals surface area (Å²) in [6.07, 6.45) is 5.02. The standard InChI is InChI=1S/C11H22N2O3S/c1-2-8-17(15,16)13-11(14)9-6-4-3-5-7-10(9)12/h9-10H,2-8,12H2,1H3,(H,13,14). The molecule has 6 heteroatoms. The zero-order valence-corrected chi connectivity index (χ0v) is 11.1. The molecule has 1 saturated carbocycles. The van der Waals surface area contributed by atoms with Crippen LogP contribution in [0.4, 0.5) is 0 Å². The molecular formula is C11H22N2O3S. The second-order valence-electron chi connectivity index (χ2n) is 4.69. The maximum absolute atomic E-state index is 11.9. The van der Waals surface area contributed by atoms with Gasteiger partial charge in [0.2, 0.25) is 15.9 Å². The number of nitrogens with one attached hydrogen (secondary N) is 1. The zero-order valence-electron chi connectivity index (χ0n) is 10.3. The molecule has 1 amide bonds. The van der Waals surface area contributed by atoms with Crippen molar-refractivity contribution in [1.29, 1.82) is 0 Å². The van der Waals surface area contributed by atoms with Crippen molar-refractivity contribution < 1.29 is 13.2 Å². The van der Waals surface area contributed by atoms with E-state index >= 15 is 0 Å². The lowest BCUT2D eigenvalue weighted by molar-refractivity contribution is -0.123. The summed E-state index contributed by atoms with van der Waals surface area (Å²) in [5, 5.41) is 0. The fraction of sp³-hybridized carbons (Fsp3) is 0.909. The molecule has 0 bridgehead atoms. The summed E-state index contributed by atoms with van der Waals surface area (Å²) in [5.41, 5.74) is 5.92. The molecule has 0 aliphatic heterocycles. The molecule has 0 aromatic rings. The van der Waals surface area contributed by atoms with E-state index in [-0.39, 0.29) is 17.7 Å². The van der Waals surface area contributed by atoms with Crippen molar-refractivity contribution in [2.45, 2.75) is 51.5 Å². The van der Waals surface area contributed by atoms with Gasteiger partial charge in [0.05, 0.1) is 11.7 Å². The average Bonchev–Trinajstić information content (AvgIpc) is 2.41. The minimum Gasteiger partial charge on any atom is -0.327 e. The van der Waals surface area contributed by atoms with E-state index in [0.717, 1.165) is 25.7 Å². The van der Waals surface area contributed by atoms with Gasteiger partial charge in [-0.15, -0.1) is 0 Å². The first-order chi connectivity index (χ1) is 7.96. The molecule has 0 saturated heterocycles. The van der Waals surface area contributed by atoms with Crippen molar-refractivity contribution in [2.24, 2.45) is 11.7 Å². The van der Waals surface area contributed by atoms with Gasteiger partial charge in [0, 0.05) is 6.04 Å². The highest BCUT2D eigenvalue weighted by Gasteiger charge is 2.29. The van der Waals surface area contributed by atoms with E-state index in [1.165, 1.54) is 0 Å². The van der Waals surface area contributed by atoms with Gasteiger partial charge in [-0.1, -0.05) is 26.2 Å². The van der Waals surface area contributed by atoms with Crippen LogP contribution in [0.15, 0.2) is 0 Å². The number of hydrogen-bond donors (Lipinski definition) is 2. The van der Waals surface area contributed by atoms with Crippen LogP contribution in [0.3, 0.4) is 0 Å². The molecule has 17 heavy (non-hydrogen) atoms. The smallest absolute Gasteiger partial charge is 0.238 e. The predicted molar refractivity (Wildman–Crippen MR) is 66.8 cm³/mol. The number of hydrogen-bond acceptors (Lipinski definition) is 4. The van der Waals surface area contributed by atoms with Gasteiger partial charge in [-0.2, -0.15) is 0 Å². The molecular weight excluding hydrogens is 240 g/mol. The third kappa shape index (κ3) is 4.63. The van der Waals surface area contributed by atoms with Gasteiger partial charge in [-0.3, -0.25) is 9.52 Å².